The van der Waals surface area contributed by atoms with Crippen LogP contribution >= 0.6 is 0 Å². The average molecular weight is 385 g/mol. The Kier molecular flexibility index (Phi) is 4.60. The highest BCUT2D eigenvalue weighted by Crippen LogP contribution is 2.31. The third-order valence-electron chi connectivity index (χ3n) is 5.57. The first kappa shape index (κ1) is 17.7. The maximum absolute atomic E-state index is 5.26. The van der Waals surface area contributed by atoms with Crippen molar-refractivity contribution < 1.29 is 4.74 Å². The van der Waals surface area contributed by atoms with Gasteiger partial charge in [0.2, 0.25) is 5.95 Å². The number of aromatic amines is 1. The lowest BCUT2D eigenvalue weighted by Gasteiger charge is -2.12. The molecule has 0 radical (unpaired) electrons. The summed E-state index contributed by atoms with van der Waals surface area (Å²) in [7, 11) is 1.67. The predicted octanol–water partition coefficient (Wildman–Crippen LogP) is 5.05. The molecule has 0 unspecified atom stereocenters. The number of pyridine rings is 1. The molecule has 1 saturated carbocycles. The fraction of sp³-hybridized carbons (Fsp3) is 0.261. The maximum atomic E-state index is 5.26. The van der Waals surface area contributed by atoms with Crippen LogP contribution in [0, 0.1) is 0 Å². The van der Waals surface area contributed by atoms with Crippen LogP contribution in [0.25, 0.3) is 33.4 Å². The molecule has 1 aliphatic rings. The van der Waals surface area contributed by atoms with E-state index in [1.165, 1.54) is 25.7 Å². The van der Waals surface area contributed by atoms with E-state index in [1.807, 2.05) is 48.9 Å². The fourth-order valence-corrected chi connectivity index (χ4v) is 3.99. The summed E-state index contributed by atoms with van der Waals surface area (Å²) in [5.41, 5.74) is 4.92. The van der Waals surface area contributed by atoms with E-state index >= 15 is 0 Å². The van der Waals surface area contributed by atoms with E-state index in [2.05, 4.69) is 26.3 Å². The van der Waals surface area contributed by atoms with Gasteiger partial charge in [0.25, 0.3) is 0 Å². The Morgan fingerprint density at radius 2 is 1.86 bits per heavy atom. The zero-order valence-electron chi connectivity index (χ0n) is 16.4. The zero-order valence-corrected chi connectivity index (χ0v) is 16.4. The van der Waals surface area contributed by atoms with Crippen LogP contribution in [-0.4, -0.2) is 33.1 Å². The smallest absolute Gasteiger partial charge is 0.223 e. The number of nitrogens with zero attached hydrogens (tertiary/aromatic N) is 3. The van der Waals surface area contributed by atoms with Crippen LogP contribution in [0.2, 0.25) is 0 Å². The minimum Gasteiger partial charge on any atom is -0.497 e. The van der Waals surface area contributed by atoms with Crippen molar-refractivity contribution in [2.75, 3.05) is 12.4 Å². The highest BCUT2D eigenvalue weighted by atomic mass is 16.5. The summed E-state index contributed by atoms with van der Waals surface area (Å²) in [5.74, 6) is 1.54. The first-order valence-corrected chi connectivity index (χ1v) is 10.0. The lowest BCUT2D eigenvalue weighted by Crippen LogP contribution is -2.16. The number of rotatable bonds is 5. The van der Waals surface area contributed by atoms with E-state index in [0.29, 0.717) is 12.0 Å². The van der Waals surface area contributed by atoms with Gasteiger partial charge < -0.3 is 15.0 Å². The van der Waals surface area contributed by atoms with Gasteiger partial charge in [-0.1, -0.05) is 25.0 Å². The van der Waals surface area contributed by atoms with Gasteiger partial charge >= 0.3 is 0 Å². The second-order valence-corrected chi connectivity index (χ2v) is 7.44. The Morgan fingerprint density at radius 3 is 2.66 bits per heavy atom. The molecule has 6 heteroatoms. The van der Waals surface area contributed by atoms with Crippen molar-refractivity contribution in [2.45, 2.75) is 31.7 Å². The van der Waals surface area contributed by atoms with Crippen LogP contribution in [0.1, 0.15) is 25.7 Å². The third-order valence-corrected chi connectivity index (χ3v) is 5.57. The van der Waals surface area contributed by atoms with Gasteiger partial charge in [-0.25, -0.2) is 15.0 Å². The van der Waals surface area contributed by atoms with Crippen LogP contribution in [0.4, 0.5) is 5.95 Å². The Labute approximate surface area is 169 Å². The molecule has 1 fully saturated rings. The van der Waals surface area contributed by atoms with Crippen molar-refractivity contribution in [3.8, 4) is 28.1 Å². The molecule has 1 aromatic carbocycles. The van der Waals surface area contributed by atoms with Gasteiger partial charge in [-0.2, -0.15) is 0 Å². The number of methoxy groups -OCH3 is 1. The molecule has 1 aliphatic carbocycles. The predicted molar refractivity (Wildman–Crippen MR) is 115 cm³/mol. The molecule has 3 heterocycles. The summed E-state index contributed by atoms with van der Waals surface area (Å²) < 4.78 is 5.26. The summed E-state index contributed by atoms with van der Waals surface area (Å²) in [5, 5.41) is 4.52. The van der Waals surface area contributed by atoms with Crippen molar-refractivity contribution in [3.05, 3.63) is 55.0 Å². The van der Waals surface area contributed by atoms with Crippen molar-refractivity contribution in [2.24, 2.45) is 0 Å². The number of fused-ring (bicyclic) bond motifs is 1. The number of anilines is 1. The van der Waals surface area contributed by atoms with Crippen molar-refractivity contribution in [1.82, 2.24) is 19.9 Å². The van der Waals surface area contributed by atoms with E-state index in [1.54, 1.807) is 7.11 Å². The highest BCUT2D eigenvalue weighted by Gasteiger charge is 2.16. The average Bonchev–Trinajstić information content (AvgIpc) is 3.43. The van der Waals surface area contributed by atoms with Crippen LogP contribution in [-0.2, 0) is 0 Å². The normalized spacial score (nSPS) is 14.4. The van der Waals surface area contributed by atoms with Crippen LogP contribution in [0.15, 0.2) is 55.0 Å². The largest absolute Gasteiger partial charge is 0.497 e. The van der Waals surface area contributed by atoms with Gasteiger partial charge in [0.1, 0.15) is 11.4 Å². The van der Waals surface area contributed by atoms with E-state index in [0.717, 1.165) is 39.2 Å². The van der Waals surface area contributed by atoms with Crippen LogP contribution in [0.5, 0.6) is 5.75 Å². The lowest BCUT2D eigenvalue weighted by molar-refractivity contribution is 0.415. The summed E-state index contributed by atoms with van der Waals surface area (Å²) in [6, 6.07) is 12.6. The number of benzene rings is 1. The quantitative estimate of drug-likeness (QED) is 0.503. The van der Waals surface area contributed by atoms with Crippen molar-refractivity contribution >= 4 is 17.0 Å². The third kappa shape index (κ3) is 3.53. The molecule has 6 nitrogen and oxygen atoms in total. The highest BCUT2D eigenvalue weighted by molar-refractivity contribution is 5.95. The number of hydrogen-bond acceptors (Lipinski definition) is 5. The molecule has 0 saturated heterocycles. The zero-order chi connectivity index (χ0) is 19.6. The molecule has 0 aliphatic heterocycles. The molecule has 3 aromatic heterocycles. The van der Waals surface area contributed by atoms with Gasteiger partial charge in [-0.3, -0.25) is 0 Å². The fourth-order valence-electron chi connectivity index (χ4n) is 3.99. The Hall–Kier alpha value is -3.41. The Morgan fingerprint density at radius 1 is 1.03 bits per heavy atom. The summed E-state index contributed by atoms with van der Waals surface area (Å²) in [6.07, 6.45) is 10.6. The number of ether oxygens (including phenoxy) is 1. The van der Waals surface area contributed by atoms with Crippen molar-refractivity contribution in [3.63, 3.8) is 0 Å². The standard InChI is InChI=1S/C23H23N5O/c1-29-18-8-6-15(7-9-18)16-12-19-20(14-26-22(19)25-13-16)21-10-11-24-23(28-21)27-17-4-2-3-5-17/h6-14,17H,2-5H2,1H3,(H,25,26)(H,24,27,28). The van der Waals surface area contributed by atoms with Gasteiger partial charge in [0.05, 0.1) is 12.8 Å². The van der Waals surface area contributed by atoms with Gasteiger partial charge in [-0.05, 0) is 42.7 Å². The summed E-state index contributed by atoms with van der Waals surface area (Å²) in [6.45, 7) is 0. The van der Waals surface area contributed by atoms with E-state index in [9.17, 15) is 0 Å². The van der Waals surface area contributed by atoms with Crippen LogP contribution in [0.3, 0.4) is 0 Å². The topological polar surface area (TPSA) is 75.7 Å². The number of hydrogen-bond donors (Lipinski definition) is 2. The first-order valence-electron chi connectivity index (χ1n) is 10.0. The Bertz CT molecular complexity index is 1130. The molecule has 0 atom stereocenters. The molecule has 5 rings (SSSR count). The summed E-state index contributed by atoms with van der Waals surface area (Å²) in [4.78, 5) is 17.1. The van der Waals surface area contributed by atoms with E-state index < -0.39 is 0 Å². The second kappa shape index (κ2) is 7.54. The number of nitrogens with one attached hydrogen (secondary N) is 2. The Balaban J connectivity index is 1.50. The van der Waals surface area contributed by atoms with Gasteiger partial charge in [0, 0.05) is 41.1 Å². The molecule has 0 amide bonds. The monoisotopic (exact) mass is 385 g/mol. The lowest BCUT2D eigenvalue weighted by atomic mass is 10.0. The van der Waals surface area contributed by atoms with E-state index in [-0.39, 0.29) is 0 Å². The molecular formula is C23H23N5O. The molecule has 146 valence electrons. The molecule has 0 bridgehead atoms. The number of H-pyrrole nitrogens is 1. The summed E-state index contributed by atoms with van der Waals surface area (Å²) >= 11 is 0. The molecular weight excluding hydrogens is 362 g/mol. The maximum Gasteiger partial charge on any atom is 0.223 e. The van der Waals surface area contributed by atoms with Crippen molar-refractivity contribution in [1.29, 1.82) is 0 Å². The molecule has 4 aromatic rings. The minimum absolute atomic E-state index is 0.483. The number of aromatic nitrogens is 4. The van der Waals surface area contributed by atoms with Gasteiger partial charge in [-0.15, -0.1) is 0 Å². The van der Waals surface area contributed by atoms with Gasteiger partial charge in [0.15, 0.2) is 0 Å². The van der Waals surface area contributed by atoms with Crippen LogP contribution < -0.4 is 10.1 Å². The second-order valence-electron chi connectivity index (χ2n) is 7.44. The molecule has 0 spiro atoms. The first-order chi connectivity index (χ1) is 14.3. The SMILES string of the molecule is COc1ccc(-c2cnc3[nH]cc(-c4ccnc(NC5CCCC5)n4)c3c2)cc1. The molecule has 2 N–H and O–H groups in total. The minimum atomic E-state index is 0.483. The molecule has 29 heavy (non-hydrogen) atoms. The van der Waals surface area contributed by atoms with E-state index in [4.69, 9.17) is 9.72 Å².